The zero-order valence-electron chi connectivity index (χ0n) is 10.4. The number of hydrogen-bond donors (Lipinski definition) is 2. The van der Waals surface area contributed by atoms with Gasteiger partial charge in [-0.25, -0.2) is 8.78 Å². The van der Waals surface area contributed by atoms with Gasteiger partial charge in [0.1, 0.15) is 11.6 Å². The quantitative estimate of drug-likeness (QED) is 0.626. The first kappa shape index (κ1) is 18.1. The fraction of sp³-hybridized carbons (Fsp3) is 0.417. The maximum atomic E-state index is 13.4. The first-order valence-corrected chi connectivity index (χ1v) is 6.07. The van der Waals surface area contributed by atoms with Crippen LogP contribution >= 0.6 is 24.0 Å². The van der Waals surface area contributed by atoms with E-state index < -0.39 is 17.5 Å². The van der Waals surface area contributed by atoms with E-state index in [2.05, 4.69) is 10.6 Å². The molecule has 0 radical (unpaired) electrons. The van der Waals surface area contributed by atoms with Gasteiger partial charge in [-0.15, -0.1) is 12.4 Å². The van der Waals surface area contributed by atoms with Gasteiger partial charge in [-0.1, -0.05) is 18.5 Å². The smallest absolute Gasteiger partial charge is 0.254 e. The van der Waals surface area contributed by atoms with Crippen molar-refractivity contribution >= 4 is 29.9 Å². The summed E-state index contributed by atoms with van der Waals surface area (Å²) in [6.45, 7) is 3.80. The van der Waals surface area contributed by atoms with Crippen LogP contribution in [-0.4, -0.2) is 25.5 Å². The lowest BCUT2D eigenvalue weighted by Gasteiger charge is -2.07. The van der Waals surface area contributed by atoms with Crippen LogP contribution in [0.25, 0.3) is 0 Å². The molecular formula is C12H16Cl2F2N2O. The summed E-state index contributed by atoms with van der Waals surface area (Å²) in [5, 5.41) is 5.23. The fourth-order valence-corrected chi connectivity index (χ4v) is 1.51. The lowest BCUT2D eigenvalue weighted by atomic mass is 10.2. The third-order valence-corrected chi connectivity index (χ3v) is 2.56. The van der Waals surface area contributed by atoms with Crippen LogP contribution in [0.3, 0.4) is 0 Å². The van der Waals surface area contributed by atoms with Gasteiger partial charge in [0.15, 0.2) is 0 Å². The summed E-state index contributed by atoms with van der Waals surface area (Å²) in [5.74, 6) is -2.30. The SMILES string of the molecule is CCCNCCNC(=O)c1cc(F)c(Cl)cc1F.Cl. The second-order valence-corrected chi connectivity index (χ2v) is 4.16. The third-order valence-electron chi connectivity index (χ3n) is 2.27. The Morgan fingerprint density at radius 2 is 1.89 bits per heavy atom. The van der Waals surface area contributed by atoms with E-state index >= 15 is 0 Å². The Morgan fingerprint density at radius 3 is 2.53 bits per heavy atom. The molecule has 7 heteroatoms. The molecule has 1 amide bonds. The van der Waals surface area contributed by atoms with Gasteiger partial charge < -0.3 is 10.6 Å². The van der Waals surface area contributed by atoms with Gasteiger partial charge in [0.25, 0.3) is 5.91 Å². The van der Waals surface area contributed by atoms with E-state index in [-0.39, 0.29) is 23.0 Å². The topological polar surface area (TPSA) is 41.1 Å². The van der Waals surface area contributed by atoms with Crippen LogP contribution in [0.2, 0.25) is 5.02 Å². The largest absolute Gasteiger partial charge is 0.351 e. The lowest BCUT2D eigenvalue weighted by Crippen LogP contribution is -2.32. The molecule has 1 rings (SSSR count). The highest BCUT2D eigenvalue weighted by atomic mass is 35.5. The number of nitrogens with one attached hydrogen (secondary N) is 2. The third kappa shape index (κ3) is 5.72. The second kappa shape index (κ2) is 9.07. The summed E-state index contributed by atoms with van der Waals surface area (Å²) in [6.07, 6.45) is 0.991. The van der Waals surface area contributed by atoms with Gasteiger partial charge in [0.2, 0.25) is 0 Å². The maximum absolute atomic E-state index is 13.4. The Morgan fingerprint density at radius 1 is 1.21 bits per heavy atom. The van der Waals surface area contributed by atoms with Crippen molar-refractivity contribution in [2.75, 3.05) is 19.6 Å². The first-order valence-electron chi connectivity index (χ1n) is 5.69. The lowest BCUT2D eigenvalue weighted by molar-refractivity contribution is 0.0949. The van der Waals surface area contributed by atoms with Crippen LogP contribution in [-0.2, 0) is 0 Å². The molecule has 0 aromatic heterocycles. The van der Waals surface area contributed by atoms with E-state index in [4.69, 9.17) is 11.6 Å². The molecule has 108 valence electrons. The molecule has 0 atom stereocenters. The molecule has 19 heavy (non-hydrogen) atoms. The van der Waals surface area contributed by atoms with Crippen molar-refractivity contribution in [1.82, 2.24) is 10.6 Å². The molecule has 0 unspecified atom stereocenters. The summed E-state index contributed by atoms with van der Waals surface area (Å²) in [5.41, 5.74) is -0.340. The van der Waals surface area contributed by atoms with Crippen LogP contribution < -0.4 is 10.6 Å². The normalized spacial score (nSPS) is 9.89. The number of amides is 1. The molecule has 0 aliphatic heterocycles. The van der Waals surface area contributed by atoms with Crippen molar-refractivity contribution in [3.05, 3.63) is 34.4 Å². The standard InChI is InChI=1S/C12H15ClF2N2O.ClH/c1-2-3-16-4-5-17-12(18)8-6-11(15)9(13)7-10(8)14;/h6-7,16H,2-5H2,1H3,(H,17,18);1H. The molecule has 1 aromatic rings. The van der Waals surface area contributed by atoms with Gasteiger partial charge in [0, 0.05) is 13.1 Å². The number of carbonyl (C=O) groups excluding carboxylic acids is 1. The van der Waals surface area contributed by atoms with E-state index in [0.717, 1.165) is 25.1 Å². The van der Waals surface area contributed by atoms with Gasteiger partial charge in [-0.2, -0.15) is 0 Å². The van der Waals surface area contributed by atoms with Crippen molar-refractivity contribution in [1.29, 1.82) is 0 Å². The second-order valence-electron chi connectivity index (χ2n) is 3.75. The van der Waals surface area contributed by atoms with Gasteiger partial charge in [-0.05, 0) is 25.1 Å². The number of halogens is 4. The number of carbonyl (C=O) groups is 1. The molecule has 0 bridgehead atoms. The van der Waals surface area contributed by atoms with Crippen molar-refractivity contribution in [3.8, 4) is 0 Å². The number of rotatable bonds is 6. The van der Waals surface area contributed by atoms with E-state index in [1.165, 1.54) is 0 Å². The van der Waals surface area contributed by atoms with Gasteiger partial charge in [0.05, 0.1) is 10.6 Å². The van der Waals surface area contributed by atoms with Crippen LogP contribution in [0.5, 0.6) is 0 Å². The summed E-state index contributed by atoms with van der Waals surface area (Å²) in [7, 11) is 0. The highest BCUT2D eigenvalue weighted by Crippen LogP contribution is 2.19. The van der Waals surface area contributed by atoms with Crippen LogP contribution in [0.15, 0.2) is 12.1 Å². The zero-order valence-corrected chi connectivity index (χ0v) is 12.0. The van der Waals surface area contributed by atoms with Crippen molar-refractivity contribution < 1.29 is 13.6 Å². The average Bonchev–Trinajstić information content (AvgIpc) is 2.33. The molecule has 0 spiro atoms. The maximum Gasteiger partial charge on any atom is 0.254 e. The Hall–Kier alpha value is -0.910. The Bertz CT molecular complexity index is 430. The van der Waals surface area contributed by atoms with Crippen molar-refractivity contribution in [2.24, 2.45) is 0 Å². The van der Waals surface area contributed by atoms with Crippen LogP contribution in [0.4, 0.5) is 8.78 Å². The Labute approximate surface area is 122 Å². The van der Waals surface area contributed by atoms with E-state index in [1.807, 2.05) is 6.92 Å². The van der Waals surface area contributed by atoms with Crippen molar-refractivity contribution in [2.45, 2.75) is 13.3 Å². The minimum absolute atomic E-state index is 0. The molecule has 0 heterocycles. The summed E-state index contributed by atoms with van der Waals surface area (Å²) >= 11 is 5.40. The molecule has 3 nitrogen and oxygen atoms in total. The van der Waals surface area contributed by atoms with E-state index in [0.29, 0.717) is 13.1 Å². The van der Waals surface area contributed by atoms with Crippen LogP contribution in [0, 0.1) is 11.6 Å². The first-order chi connectivity index (χ1) is 8.56. The molecule has 1 aromatic carbocycles. The molecule has 2 N–H and O–H groups in total. The number of benzene rings is 1. The van der Waals surface area contributed by atoms with Gasteiger partial charge >= 0.3 is 0 Å². The molecule has 0 fully saturated rings. The number of hydrogen-bond acceptors (Lipinski definition) is 2. The van der Waals surface area contributed by atoms with Gasteiger partial charge in [-0.3, -0.25) is 4.79 Å². The van der Waals surface area contributed by atoms with E-state index in [1.54, 1.807) is 0 Å². The highest BCUT2D eigenvalue weighted by Gasteiger charge is 2.14. The summed E-state index contributed by atoms with van der Waals surface area (Å²) in [4.78, 5) is 11.6. The predicted octanol–water partition coefficient (Wildman–Crippen LogP) is 2.77. The molecule has 0 saturated carbocycles. The summed E-state index contributed by atoms with van der Waals surface area (Å²) in [6, 6.07) is 1.59. The fourth-order valence-electron chi connectivity index (χ4n) is 1.36. The Kier molecular flexibility index (Phi) is 8.63. The zero-order chi connectivity index (χ0) is 13.5. The molecular weight excluding hydrogens is 297 g/mol. The monoisotopic (exact) mass is 312 g/mol. The summed E-state index contributed by atoms with van der Waals surface area (Å²) < 4.78 is 26.5. The van der Waals surface area contributed by atoms with Crippen molar-refractivity contribution in [3.63, 3.8) is 0 Å². The predicted molar refractivity (Wildman–Crippen MR) is 74.1 cm³/mol. The minimum Gasteiger partial charge on any atom is -0.351 e. The Balaban J connectivity index is 0.00000324. The molecule has 0 aliphatic rings. The molecule has 0 aliphatic carbocycles. The molecule has 0 saturated heterocycles. The van der Waals surface area contributed by atoms with Crippen LogP contribution in [0.1, 0.15) is 23.7 Å². The minimum atomic E-state index is -0.833. The highest BCUT2D eigenvalue weighted by molar-refractivity contribution is 6.30. The van der Waals surface area contributed by atoms with E-state index in [9.17, 15) is 13.6 Å². The average molecular weight is 313 g/mol.